The number of nitrogens with one attached hydrogen (secondary N) is 1. The fourth-order valence-electron chi connectivity index (χ4n) is 2.03. The average Bonchev–Trinajstić information content (AvgIpc) is 2.39. The molecular formula is C15H22N2O4. The van der Waals surface area contributed by atoms with Crippen molar-refractivity contribution in [2.24, 2.45) is 5.92 Å². The topological polar surface area (TPSA) is 117 Å². The number of benzene rings is 1. The van der Waals surface area contributed by atoms with Crippen LogP contribution >= 0.6 is 0 Å². The molecule has 21 heavy (non-hydrogen) atoms. The predicted molar refractivity (Wildman–Crippen MR) is 74.9 cm³/mol. The molecule has 0 spiro atoms. The van der Waals surface area contributed by atoms with Crippen LogP contribution < -0.4 is 16.2 Å². The molecule has 6 nitrogen and oxygen atoms in total. The van der Waals surface area contributed by atoms with Gasteiger partial charge in [0.15, 0.2) is 6.04 Å². The molecule has 0 aliphatic rings. The third-order valence-corrected chi connectivity index (χ3v) is 3.10. The minimum absolute atomic E-state index is 0.0996. The zero-order valence-corrected chi connectivity index (χ0v) is 12.3. The summed E-state index contributed by atoms with van der Waals surface area (Å²) in [6, 6.07) is 4.53. The van der Waals surface area contributed by atoms with Crippen molar-refractivity contribution in [1.29, 1.82) is 0 Å². The minimum Gasteiger partial charge on any atom is -0.548 e. The van der Waals surface area contributed by atoms with Crippen molar-refractivity contribution >= 4 is 11.9 Å². The first-order chi connectivity index (χ1) is 9.79. The SMILES string of the molecule is CC(C)C[C@H]([NH3+])C(=O)N[C@H](Cc1ccc(O)cc1)C(=O)[O-]. The van der Waals surface area contributed by atoms with Crippen LogP contribution in [0, 0.1) is 5.92 Å². The summed E-state index contributed by atoms with van der Waals surface area (Å²) >= 11 is 0. The first kappa shape index (κ1) is 17.0. The van der Waals surface area contributed by atoms with Crippen molar-refractivity contribution in [2.75, 3.05) is 0 Å². The fourth-order valence-corrected chi connectivity index (χ4v) is 2.03. The molecule has 0 bridgehead atoms. The highest BCUT2D eigenvalue weighted by Crippen LogP contribution is 2.11. The Hall–Kier alpha value is -2.08. The highest BCUT2D eigenvalue weighted by Gasteiger charge is 2.22. The van der Waals surface area contributed by atoms with E-state index in [1.807, 2.05) is 13.8 Å². The van der Waals surface area contributed by atoms with Gasteiger partial charge in [0.1, 0.15) is 5.75 Å². The number of carbonyl (C=O) groups is 2. The van der Waals surface area contributed by atoms with Gasteiger partial charge in [-0.25, -0.2) is 0 Å². The third kappa shape index (κ3) is 5.83. The maximum atomic E-state index is 11.9. The van der Waals surface area contributed by atoms with Crippen molar-refractivity contribution in [3.63, 3.8) is 0 Å². The number of hydrogen-bond donors (Lipinski definition) is 3. The Labute approximate surface area is 124 Å². The van der Waals surface area contributed by atoms with E-state index < -0.39 is 24.0 Å². The molecule has 0 fully saturated rings. The summed E-state index contributed by atoms with van der Waals surface area (Å²) in [5, 5.41) is 22.8. The highest BCUT2D eigenvalue weighted by atomic mass is 16.4. The average molecular weight is 294 g/mol. The Bertz CT molecular complexity index is 485. The van der Waals surface area contributed by atoms with Gasteiger partial charge in [-0.2, -0.15) is 0 Å². The summed E-state index contributed by atoms with van der Waals surface area (Å²) in [4.78, 5) is 23.1. The van der Waals surface area contributed by atoms with E-state index in [0.717, 1.165) is 0 Å². The van der Waals surface area contributed by atoms with Crippen LogP contribution in [0.25, 0.3) is 0 Å². The summed E-state index contributed by atoms with van der Waals surface area (Å²) in [6.07, 6.45) is 0.688. The molecule has 0 saturated carbocycles. The standard InChI is InChI=1S/C15H22N2O4/c1-9(2)7-12(16)14(19)17-13(15(20)21)8-10-3-5-11(18)6-4-10/h3-6,9,12-13,18H,7-8,16H2,1-2H3,(H,17,19)(H,20,21)/t12-,13+/m0/s1. The van der Waals surface area contributed by atoms with Crippen LogP contribution in [0.1, 0.15) is 25.8 Å². The summed E-state index contributed by atoms with van der Waals surface area (Å²) in [5.41, 5.74) is 4.44. The van der Waals surface area contributed by atoms with E-state index in [2.05, 4.69) is 11.1 Å². The monoisotopic (exact) mass is 294 g/mol. The number of aliphatic carboxylic acids is 1. The largest absolute Gasteiger partial charge is 0.548 e. The summed E-state index contributed by atoms with van der Waals surface area (Å²) in [7, 11) is 0. The lowest BCUT2D eigenvalue weighted by Crippen LogP contribution is -2.69. The highest BCUT2D eigenvalue weighted by molar-refractivity contribution is 5.85. The molecule has 0 aliphatic carbocycles. The van der Waals surface area contributed by atoms with E-state index in [1.54, 1.807) is 12.1 Å². The Balaban J connectivity index is 2.67. The second-order valence-electron chi connectivity index (χ2n) is 5.58. The van der Waals surface area contributed by atoms with Gasteiger partial charge in [-0.05, 0) is 30.0 Å². The van der Waals surface area contributed by atoms with Gasteiger partial charge in [0.2, 0.25) is 0 Å². The molecule has 0 radical (unpaired) electrons. The number of carbonyl (C=O) groups excluding carboxylic acids is 2. The fraction of sp³-hybridized carbons (Fsp3) is 0.467. The van der Waals surface area contributed by atoms with Gasteiger partial charge in [0.25, 0.3) is 5.91 Å². The van der Waals surface area contributed by atoms with E-state index in [1.165, 1.54) is 12.1 Å². The quantitative estimate of drug-likeness (QED) is 0.587. The first-order valence-corrected chi connectivity index (χ1v) is 6.91. The maximum absolute atomic E-state index is 11.9. The lowest BCUT2D eigenvalue weighted by Gasteiger charge is -2.21. The normalized spacial score (nSPS) is 13.7. The maximum Gasteiger partial charge on any atom is 0.278 e. The van der Waals surface area contributed by atoms with Crippen molar-refractivity contribution in [1.82, 2.24) is 5.32 Å². The van der Waals surface area contributed by atoms with Crippen LogP contribution in [0.2, 0.25) is 0 Å². The molecule has 5 N–H and O–H groups in total. The number of carboxylic acid groups (broad SMARTS) is 1. The Morgan fingerprint density at radius 2 is 1.86 bits per heavy atom. The van der Waals surface area contributed by atoms with Crippen molar-refractivity contribution < 1.29 is 25.5 Å². The van der Waals surface area contributed by atoms with Gasteiger partial charge >= 0.3 is 0 Å². The van der Waals surface area contributed by atoms with Crippen LogP contribution in [0.3, 0.4) is 0 Å². The molecule has 1 rings (SSSR count). The van der Waals surface area contributed by atoms with Gasteiger partial charge in [-0.3, -0.25) is 4.79 Å². The predicted octanol–water partition coefficient (Wildman–Crippen LogP) is -1.17. The van der Waals surface area contributed by atoms with Crippen LogP contribution in [-0.4, -0.2) is 29.1 Å². The zero-order chi connectivity index (χ0) is 16.0. The van der Waals surface area contributed by atoms with Crippen LogP contribution in [0.4, 0.5) is 0 Å². The number of carboxylic acids is 1. The van der Waals surface area contributed by atoms with Crippen LogP contribution in [-0.2, 0) is 16.0 Å². The molecule has 1 aromatic rings. The summed E-state index contributed by atoms with van der Waals surface area (Å²) in [5.74, 6) is -1.33. The molecule has 0 saturated heterocycles. The number of aromatic hydroxyl groups is 1. The van der Waals surface area contributed by atoms with Crippen molar-refractivity contribution in [2.45, 2.75) is 38.8 Å². The molecule has 6 heteroatoms. The van der Waals surface area contributed by atoms with Gasteiger partial charge in [-0.15, -0.1) is 0 Å². The van der Waals surface area contributed by atoms with Gasteiger partial charge in [0, 0.05) is 6.42 Å². The van der Waals surface area contributed by atoms with Crippen LogP contribution in [0.5, 0.6) is 5.75 Å². The van der Waals surface area contributed by atoms with E-state index in [0.29, 0.717) is 17.9 Å². The number of phenols is 1. The van der Waals surface area contributed by atoms with E-state index in [4.69, 9.17) is 0 Å². The number of hydrogen-bond acceptors (Lipinski definition) is 4. The third-order valence-electron chi connectivity index (χ3n) is 3.10. The smallest absolute Gasteiger partial charge is 0.278 e. The molecule has 1 amide bonds. The molecule has 116 valence electrons. The van der Waals surface area contributed by atoms with Gasteiger partial charge in [-0.1, -0.05) is 26.0 Å². The second-order valence-corrected chi connectivity index (χ2v) is 5.58. The molecule has 0 heterocycles. The van der Waals surface area contributed by atoms with E-state index in [-0.39, 0.29) is 12.2 Å². The molecule has 2 atom stereocenters. The summed E-state index contributed by atoms with van der Waals surface area (Å²) < 4.78 is 0. The van der Waals surface area contributed by atoms with E-state index >= 15 is 0 Å². The van der Waals surface area contributed by atoms with Gasteiger partial charge in [0.05, 0.1) is 12.0 Å². The molecule has 0 aliphatic heterocycles. The Kier molecular flexibility index (Phi) is 6.17. The second kappa shape index (κ2) is 7.64. The minimum atomic E-state index is -1.34. The van der Waals surface area contributed by atoms with Crippen LogP contribution in [0.15, 0.2) is 24.3 Å². The lowest BCUT2D eigenvalue weighted by atomic mass is 10.0. The van der Waals surface area contributed by atoms with Crippen molar-refractivity contribution in [3.05, 3.63) is 29.8 Å². The summed E-state index contributed by atoms with van der Waals surface area (Å²) in [6.45, 7) is 3.94. The Morgan fingerprint density at radius 1 is 1.29 bits per heavy atom. The molecular weight excluding hydrogens is 272 g/mol. The lowest BCUT2D eigenvalue weighted by molar-refractivity contribution is -0.406. The zero-order valence-electron chi connectivity index (χ0n) is 12.3. The number of phenolic OH excluding ortho intramolecular Hbond substituents is 1. The van der Waals surface area contributed by atoms with Crippen molar-refractivity contribution in [3.8, 4) is 5.75 Å². The van der Waals surface area contributed by atoms with Gasteiger partial charge < -0.3 is 26.1 Å². The number of quaternary nitrogens is 1. The number of rotatable bonds is 7. The number of amides is 1. The van der Waals surface area contributed by atoms with E-state index in [9.17, 15) is 19.8 Å². The molecule has 1 aromatic carbocycles. The molecule has 0 aromatic heterocycles. The first-order valence-electron chi connectivity index (χ1n) is 6.91. The Morgan fingerprint density at radius 3 is 2.33 bits per heavy atom. The molecule has 0 unspecified atom stereocenters.